The minimum Gasteiger partial charge on any atom is -0.484 e. The number of rotatable bonds is 8. The smallest absolute Gasteiger partial charge is 0.258 e. The Morgan fingerprint density at radius 3 is 2.31 bits per heavy atom. The molecular weight excluding hydrogens is 388 g/mol. The molecular formula is C23H21ClN2O3. The lowest BCUT2D eigenvalue weighted by Gasteiger charge is -2.10. The number of ether oxygens (including phenoxy) is 1. The molecule has 0 aliphatic rings. The van der Waals surface area contributed by atoms with Gasteiger partial charge >= 0.3 is 0 Å². The summed E-state index contributed by atoms with van der Waals surface area (Å²) in [5, 5.41) is 6.26. The molecule has 0 unspecified atom stereocenters. The predicted octanol–water partition coefficient (Wildman–Crippen LogP) is 3.97. The largest absolute Gasteiger partial charge is 0.484 e. The summed E-state index contributed by atoms with van der Waals surface area (Å²) in [5.41, 5.74) is 2.39. The van der Waals surface area contributed by atoms with E-state index in [2.05, 4.69) is 10.6 Å². The van der Waals surface area contributed by atoms with Crippen molar-refractivity contribution in [2.75, 3.05) is 6.61 Å². The van der Waals surface area contributed by atoms with Crippen molar-refractivity contribution in [3.63, 3.8) is 0 Å². The predicted molar refractivity (Wildman–Crippen MR) is 113 cm³/mol. The molecule has 0 aliphatic carbocycles. The monoisotopic (exact) mass is 408 g/mol. The Bertz CT molecular complexity index is 977. The Morgan fingerprint density at radius 2 is 1.52 bits per heavy atom. The molecule has 2 amide bonds. The Balaban J connectivity index is 1.47. The molecule has 0 spiro atoms. The molecule has 0 atom stereocenters. The van der Waals surface area contributed by atoms with E-state index in [1.165, 1.54) is 0 Å². The Hall–Kier alpha value is -3.31. The lowest BCUT2D eigenvalue weighted by molar-refractivity contribution is -0.123. The number of carbonyl (C=O) groups is 2. The van der Waals surface area contributed by atoms with Gasteiger partial charge in [-0.3, -0.25) is 9.59 Å². The molecule has 5 nitrogen and oxygen atoms in total. The summed E-state index contributed by atoms with van der Waals surface area (Å²) >= 11 is 5.93. The average molecular weight is 409 g/mol. The second kappa shape index (κ2) is 10.3. The summed E-state index contributed by atoms with van der Waals surface area (Å²) in [6.07, 6.45) is 0. The van der Waals surface area contributed by atoms with E-state index >= 15 is 0 Å². The van der Waals surface area contributed by atoms with Gasteiger partial charge in [-0.2, -0.15) is 0 Å². The van der Waals surface area contributed by atoms with Crippen molar-refractivity contribution in [2.24, 2.45) is 0 Å². The van der Waals surface area contributed by atoms with Crippen molar-refractivity contribution in [1.29, 1.82) is 0 Å². The van der Waals surface area contributed by atoms with E-state index in [4.69, 9.17) is 16.3 Å². The fraction of sp³-hybridized carbons (Fsp3) is 0.130. The summed E-state index contributed by atoms with van der Waals surface area (Å²) in [5.74, 6) is -0.0103. The number of carbonyl (C=O) groups excluding carboxylic acids is 2. The first-order chi connectivity index (χ1) is 14.1. The number of benzene rings is 3. The van der Waals surface area contributed by atoms with Crippen molar-refractivity contribution in [3.05, 3.63) is 101 Å². The van der Waals surface area contributed by atoms with E-state index in [0.717, 1.165) is 11.1 Å². The van der Waals surface area contributed by atoms with Gasteiger partial charge in [-0.25, -0.2) is 0 Å². The van der Waals surface area contributed by atoms with Crippen LogP contribution in [0, 0.1) is 0 Å². The molecule has 0 radical (unpaired) electrons. The maximum Gasteiger partial charge on any atom is 0.258 e. The first-order valence-electron chi connectivity index (χ1n) is 9.16. The van der Waals surface area contributed by atoms with Crippen LogP contribution in [0.5, 0.6) is 5.75 Å². The molecule has 0 heterocycles. The Labute approximate surface area is 174 Å². The molecule has 0 bridgehead atoms. The molecule has 3 aromatic rings. The zero-order chi connectivity index (χ0) is 20.5. The molecule has 3 rings (SSSR count). The first kappa shape index (κ1) is 20.4. The van der Waals surface area contributed by atoms with Crippen molar-refractivity contribution >= 4 is 23.4 Å². The second-order valence-corrected chi connectivity index (χ2v) is 6.83. The number of hydrogen-bond donors (Lipinski definition) is 2. The number of nitrogens with one attached hydrogen (secondary N) is 2. The van der Waals surface area contributed by atoms with Crippen molar-refractivity contribution in [3.8, 4) is 5.75 Å². The van der Waals surface area contributed by atoms with Gasteiger partial charge in [0.05, 0.1) is 0 Å². The van der Waals surface area contributed by atoms with Crippen LogP contribution in [0.1, 0.15) is 21.5 Å². The van der Waals surface area contributed by atoms with Crippen LogP contribution in [0.4, 0.5) is 0 Å². The van der Waals surface area contributed by atoms with Crippen molar-refractivity contribution < 1.29 is 14.3 Å². The second-order valence-electron chi connectivity index (χ2n) is 6.39. The van der Waals surface area contributed by atoms with Crippen LogP contribution in [-0.2, 0) is 17.9 Å². The van der Waals surface area contributed by atoms with Crippen LogP contribution in [0.3, 0.4) is 0 Å². The van der Waals surface area contributed by atoms with Gasteiger partial charge in [-0.15, -0.1) is 0 Å². The zero-order valence-electron chi connectivity index (χ0n) is 15.7. The third kappa shape index (κ3) is 6.66. The third-order valence-corrected chi connectivity index (χ3v) is 4.38. The molecule has 0 aliphatic heterocycles. The molecule has 6 heteroatoms. The topological polar surface area (TPSA) is 67.4 Å². The van der Waals surface area contributed by atoms with Crippen LogP contribution in [0.2, 0.25) is 5.02 Å². The maximum absolute atomic E-state index is 12.3. The first-order valence-corrected chi connectivity index (χ1v) is 9.54. The van der Waals surface area contributed by atoms with Gasteiger partial charge in [-0.05, 0) is 41.5 Å². The van der Waals surface area contributed by atoms with E-state index in [-0.39, 0.29) is 18.4 Å². The summed E-state index contributed by atoms with van der Waals surface area (Å²) in [6.45, 7) is 0.664. The highest BCUT2D eigenvalue weighted by molar-refractivity contribution is 6.30. The molecule has 0 fully saturated rings. The SMILES string of the molecule is O=C(COc1cccc(C(=O)NCc2ccccc2)c1)NCc1cccc(Cl)c1. The van der Waals surface area contributed by atoms with Crippen LogP contribution < -0.4 is 15.4 Å². The van der Waals surface area contributed by atoms with Gasteiger partial charge in [0, 0.05) is 23.7 Å². The fourth-order valence-corrected chi connectivity index (χ4v) is 2.87. The van der Waals surface area contributed by atoms with E-state index in [1.54, 1.807) is 36.4 Å². The van der Waals surface area contributed by atoms with Gasteiger partial charge in [0.1, 0.15) is 5.75 Å². The average Bonchev–Trinajstić information content (AvgIpc) is 2.75. The van der Waals surface area contributed by atoms with Crippen LogP contribution in [0.15, 0.2) is 78.9 Å². The normalized spacial score (nSPS) is 10.2. The Morgan fingerprint density at radius 1 is 0.793 bits per heavy atom. The quantitative estimate of drug-likeness (QED) is 0.592. The molecule has 148 valence electrons. The van der Waals surface area contributed by atoms with E-state index in [9.17, 15) is 9.59 Å². The highest BCUT2D eigenvalue weighted by Crippen LogP contribution is 2.14. The van der Waals surface area contributed by atoms with Crippen molar-refractivity contribution in [1.82, 2.24) is 10.6 Å². The van der Waals surface area contributed by atoms with E-state index in [1.807, 2.05) is 42.5 Å². The lowest BCUT2D eigenvalue weighted by atomic mass is 10.2. The fourth-order valence-electron chi connectivity index (χ4n) is 2.65. The number of hydrogen-bond acceptors (Lipinski definition) is 3. The molecule has 2 N–H and O–H groups in total. The minimum absolute atomic E-state index is 0.143. The van der Waals surface area contributed by atoms with Crippen LogP contribution in [-0.4, -0.2) is 18.4 Å². The number of halogens is 1. The standard InChI is InChI=1S/C23H21ClN2O3/c24-20-10-4-8-18(12-20)15-25-22(27)16-29-21-11-5-9-19(13-21)23(28)26-14-17-6-2-1-3-7-17/h1-13H,14-16H2,(H,25,27)(H,26,28). The van der Waals surface area contributed by atoms with Gasteiger partial charge < -0.3 is 15.4 Å². The third-order valence-electron chi connectivity index (χ3n) is 4.14. The molecule has 0 saturated heterocycles. The Kier molecular flexibility index (Phi) is 7.25. The molecule has 29 heavy (non-hydrogen) atoms. The molecule has 3 aromatic carbocycles. The summed E-state index contributed by atoms with van der Waals surface area (Å²) in [4.78, 5) is 24.3. The molecule has 0 saturated carbocycles. The van der Waals surface area contributed by atoms with Gasteiger partial charge in [0.25, 0.3) is 11.8 Å². The van der Waals surface area contributed by atoms with Crippen LogP contribution >= 0.6 is 11.6 Å². The van der Waals surface area contributed by atoms with Gasteiger partial charge in [0.15, 0.2) is 6.61 Å². The number of amides is 2. The van der Waals surface area contributed by atoms with E-state index in [0.29, 0.717) is 29.4 Å². The highest BCUT2D eigenvalue weighted by atomic mass is 35.5. The van der Waals surface area contributed by atoms with Crippen LogP contribution in [0.25, 0.3) is 0 Å². The summed E-state index contributed by atoms with van der Waals surface area (Å²) < 4.78 is 5.52. The van der Waals surface area contributed by atoms with Gasteiger partial charge in [-0.1, -0.05) is 60.1 Å². The molecule has 0 aromatic heterocycles. The van der Waals surface area contributed by atoms with Gasteiger partial charge in [0.2, 0.25) is 0 Å². The summed E-state index contributed by atoms with van der Waals surface area (Å²) in [7, 11) is 0. The zero-order valence-corrected chi connectivity index (χ0v) is 16.5. The van der Waals surface area contributed by atoms with E-state index < -0.39 is 0 Å². The minimum atomic E-state index is -0.260. The lowest BCUT2D eigenvalue weighted by Crippen LogP contribution is -2.28. The summed E-state index contributed by atoms with van der Waals surface area (Å²) in [6, 6.07) is 23.7. The highest BCUT2D eigenvalue weighted by Gasteiger charge is 2.08. The maximum atomic E-state index is 12.3. The van der Waals surface area contributed by atoms with Crippen molar-refractivity contribution in [2.45, 2.75) is 13.1 Å².